The van der Waals surface area contributed by atoms with E-state index in [4.69, 9.17) is 8.83 Å². The van der Waals surface area contributed by atoms with Gasteiger partial charge in [-0.25, -0.2) is 0 Å². The van der Waals surface area contributed by atoms with Gasteiger partial charge in [0, 0.05) is 38.6 Å². The molecule has 12 rings (SSSR count). The molecule has 2 heterocycles. The average Bonchev–Trinajstić information content (AvgIpc) is 3.94. The third-order valence-corrected chi connectivity index (χ3v) is 12.8. The van der Waals surface area contributed by atoms with Crippen LogP contribution in [0.25, 0.3) is 66.1 Å². The second kappa shape index (κ2) is 15.5. The molecule has 0 unspecified atom stereocenters. The number of hydrogen-bond donors (Lipinski definition) is 0. The third-order valence-electron chi connectivity index (χ3n) is 12.8. The number of hydrogen-bond acceptors (Lipinski definition) is 3. The highest BCUT2D eigenvalue weighted by Gasteiger charge is 2.38. The zero-order valence-corrected chi connectivity index (χ0v) is 34.9. The molecule has 64 heavy (non-hydrogen) atoms. The van der Waals surface area contributed by atoms with Crippen LogP contribution < -0.4 is 4.90 Å². The monoisotopic (exact) mass is 819 g/mol. The minimum Gasteiger partial charge on any atom is -0.456 e. The SMILES string of the molecule is c1ccc(C(c2ccccc2)(c2ccccc2)c2ccc(-c3cccc(N(c4ccc(-c5ccc6c(c5)oc5ccccc56)cc4)c4ccc5oc6ccccc6c5c4)c3)cc2)cc1. The van der Waals surface area contributed by atoms with Crippen LogP contribution in [0.4, 0.5) is 17.1 Å². The summed E-state index contributed by atoms with van der Waals surface area (Å²) in [5.41, 5.74) is 15.5. The van der Waals surface area contributed by atoms with Gasteiger partial charge in [-0.05, 0) is 111 Å². The van der Waals surface area contributed by atoms with E-state index >= 15 is 0 Å². The molecular weight excluding hydrogens is 779 g/mol. The van der Waals surface area contributed by atoms with Gasteiger partial charge >= 0.3 is 0 Å². The van der Waals surface area contributed by atoms with Crippen molar-refractivity contribution in [2.75, 3.05) is 4.90 Å². The summed E-state index contributed by atoms with van der Waals surface area (Å²) < 4.78 is 12.5. The molecule has 3 heteroatoms. The molecule has 0 N–H and O–H groups in total. The van der Waals surface area contributed by atoms with E-state index in [0.29, 0.717) is 0 Å². The van der Waals surface area contributed by atoms with Crippen molar-refractivity contribution in [2.45, 2.75) is 5.41 Å². The Morgan fingerprint density at radius 1 is 0.250 bits per heavy atom. The molecule has 0 radical (unpaired) electrons. The fraction of sp³-hybridized carbons (Fsp3) is 0.0164. The molecule has 12 aromatic rings. The van der Waals surface area contributed by atoms with Gasteiger partial charge in [-0.2, -0.15) is 0 Å². The lowest BCUT2D eigenvalue weighted by atomic mass is 9.65. The lowest BCUT2D eigenvalue weighted by molar-refractivity contribution is 0.668. The minimum atomic E-state index is -0.513. The molecule has 302 valence electrons. The van der Waals surface area contributed by atoms with Crippen LogP contribution >= 0.6 is 0 Å². The molecule has 2 aromatic heterocycles. The van der Waals surface area contributed by atoms with Gasteiger partial charge in [-0.1, -0.05) is 182 Å². The Labute approximate surface area is 371 Å². The highest BCUT2D eigenvalue weighted by Crippen LogP contribution is 2.46. The second-order valence-electron chi connectivity index (χ2n) is 16.4. The van der Waals surface area contributed by atoms with Gasteiger partial charge in [-0.15, -0.1) is 0 Å². The van der Waals surface area contributed by atoms with Crippen molar-refractivity contribution in [2.24, 2.45) is 0 Å². The smallest absolute Gasteiger partial charge is 0.136 e. The fourth-order valence-electron chi connectivity index (χ4n) is 9.81. The first-order valence-corrected chi connectivity index (χ1v) is 21.8. The molecular formula is C61H41NO2. The Balaban J connectivity index is 0.960. The van der Waals surface area contributed by atoms with Gasteiger partial charge in [0.15, 0.2) is 0 Å². The standard InChI is InChI=1S/C61H41NO2/c1-4-16-46(17-5-1)61(47-18-6-2-7-19-47,48-20-8-3-9-21-48)49-32-27-42(28-33-49)44-15-14-22-51(39-44)62(52-36-38-59-56(41-52)54-24-11-13-26-58(54)63-59)50-34-29-43(30-35-50)45-31-37-55-53-23-10-12-25-57(53)64-60(55)40-45/h1-41H. The van der Waals surface area contributed by atoms with Crippen LogP contribution in [-0.2, 0) is 5.41 Å². The molecule has 0 aliphatic heterocycles. The summed E-state index contributed by atoms with van der Waals surface area (Å²) in [7, 11) is 0. The Kier molecular flexibility index (Phi) is 9.05. The van der Waals surface area contributed by atoms with Crippen LogP contribution in [0.1, 0.15) is 22.3 Å². The van der Waals surface area contributed by atoms with Gasteiger partial charge < -0.3 is 13.7 Å². The van der Waals surface area contributed by atoms with Crippen LogP contribution in [0.5, 0.6) is 0 Å². The van der Waals surface area contributed by atoms with Crippen LogP contribution in [0.3, 0.4) is 0 Å². The van der Waals surface area contributed by atoms with Crippen molar-refractivity contribution in [3.63, 3.8) is 0 Å². The van der Waals surface area contributed by atoms with Crippen molar-refractivity contribution in [1.82, 2.24) is 0 Å². The Morgan fingerprint density at radius 2 is 0.688 bits per heavy atom. The normalized spacial score (nSPS) is 11.8. The van der Waals surface area contributed by atoms with Gasteiger partial charge in [-0.3, -0.25) is 0 Å². The first-order chi connectivity index (χ1) is 31.7. The number of anilines is 3. The van der Waals surface area contributed by atoms with E-state index < -0.39 is 5.41 Å². The Bertz CT molecular complexity index is 3490. The summed E-state index contributed by atoms with van der Waals surface area (Å²) in [6, 6.07) is 89.0. The summed E-state index contributed by atoms with van der Waals surface area (Å²) in [5.74, 6) is 0. The summed E-state index contributed by atoms with van der Waals surface area (Å²) in [6.45, 7) is 0. The highest BCUT2D eigenvalue weighted by molar-refractivity contribution is 6.07. The van der Waals surface area contributed by atoms with Crippen molar-refractivity contribution in [1.29, 1.82) is 0 Å². The average molecular weight is 820 g/mol. The molecule has 0 spiro atoms. The topological polar surface area (TPSA) is 29.5 Å². The summed E-state index contributed by atoms with van der Waals surface area (Å²) >= 11 is 0. The summed E-state index contributed by atoms with van der Waals surface area (Å²) in [6.07, 6.45) is 0. The van der Waals surface area contributed by atoms with Crippen molar-refractivity contribution >= 4 is 60.9 Å². The number of fused-ring (bicyclic) bond motifs is 6. The third kappa shape index (κ3) is 6.29. The minimum absolute atomic E-state index is 0.513. The van der Waals surface area contributed by atoms with E-state index in [9.17, 15) is 0 Å². The Hall–Kier alpha value is -8.40. The van der Waals surface area contributed by atoms with Crippen molar-refractivity contribution < 1.29 is 8.83 Å². The van der Waals surface area contributed by atoms with E-state index in [-0.39, 0.29) is 0 Å². The number of benzene rings is 10. The van der Waals surface area contributed by atoms with E-state index in [0.717, 1.165) is 83.2 Å². The van der Waals surface area contributed by atoms with Crippen LogP contribution in [0.15, 0.2) is 258 Å². The summed E-state index contributed by atoms with van der Waals surface area (Å²) in [4.78, 5) is 2.34. The van der Waals surface area contributed by atoms with Gasteiger partial charge in [0.25, 0.3) is 0 Å². The first kappa shape index (κ1) is 37.4. The molecule has 0 amide bonds. The molecule has 0 saturated heterocycles. The highest BCUT2D eigenvalue weighted by atomic mass is 16.3. The maximum atomic E-state index is 6.28. The van der Waals surface area contributed by atoms with Crippen molar-refractivity contribution in [3.8, 4) is 22.3 Å². The van der Waals surface area contributed by atoms with Crippen LogP contribution in [0, 0.1) is 0 Å². The van der Waals surface area contributed by atoms with Crippen LogP contribution in [0.2, 0.25) is 0 Å². The predicted octanol–water partition coefficient (Wildman–Crippen LogP) is 16.7. The summed E-state index contributed by atoms with van der Waals surface area (Å²) in [5, 5.41) is 4.44. The largest absolute Gasteiger partial charge is 0.456 e. The number of rotatable bonds is 9. The fourth-order valence-corrected chi connectivity index (χ4v) is 9.81. The lowest BCUT2D eigenvalue weighted by Gasteiger charge is -2.37. The molecule has 0 aliphatic rings. The quantitative estimate of drug-likeness (QED) is 0.136. The van der Waals surface area contributed by atoms with E-state index in [1.165, 1.54) is 22.3 Å². The molecule has 0 atom stereocenters. The van der Waals surface area contributed by atoms with E-state index in [2.05, 4.69) is 229 Å². The van der Waals surface area contributed by atoms with Crippen molar-refractivity contribution in [3.05, 3.63) is 271 Å². The zero-order valence-electron chi connectivity index (χ0n) is 34.9. The predicted molar refractivity (Wildman–Crippen MR) is 265 cm³/mol. The zero-order chi connectivity index (χ0) is 42.5. The maximum absolute atomic E-state index is 6.28. The maximum Gasteiger partial charge on any atom is 0.136 e. The first-order valence-electron chi connectivity index (χ1n) is 21.8. The van der Waals surface area contributed by atoms with Gasteiger partial charge in [0.2, 0.25) is 0 Å². The molecule has 0 saturated carbocycles. The number of nitrogens with zero attached hydrogens (tertiary/aromatic N) is 1. The molecule has 0 bridgehead atoms. The Morgan fingerprint density at radius 3 is 1.31 bits per heavy atom. The number of para-hydroxylation sites is 2. The molecule has 10 aromatic carbocycles. The molecule has 0 aliphatic carbocycles. The molecule has 3 nitrogen and oxygen atoms in total. The van der Waals surface area contributed by atoms with Gasteiger partial charge in [0.05, 0.1) is 5.41 Å². The molecule has 0 fully saturated rings. The lowest BCUT2D eigenvalue weighted by Crippen LogP contribution is -2.30. The van der Waals surface area contributed by atoms with Gasteiger partial charge in [0.1, 0.15) is 22.3 Å². The second-order valence-corrected chi connectivity index (χ2v) is 16.4. The van der Waals surface area contributed by atoms with E-state index in [1.807, 2.05) is 24.3 Å². The van der Waals surface area contributed by atoms with Crippen LogP contribution in [-0.4, -0.2) is 0 Å². The van der Waals surface area contributed by atoms with E-state index in [1.54, 1.807) is 0 Å². The number of furan rings is 2.